The van der Waals surface area contributed by atoms with Gasteiger partial charge in [0.25, 0.3) is 0 Å². The van der Waals surface area contributed by atoms with E-state index >= 15 is 0 Å². The minimum absolute atomic E-state index is 0.0889. The molecule has 4 nitrogen and oxygen atoms in total. The maximum Gasteiger partial charge on any atom is 0.248 e. The van der Waals surface area contributed by atoms with E-state index in [1.54, 1.807) is 0 Å². The van der Waals surface area contributed by atoms with E-state index in [-0.39, 0.29) is 12.5 Å². The van der Waals surface area contributed by atoms with E-state index in [1.165, 1.54) is 11.1 Å². The minimum Gasteiger partial charge on any atom is -0.370 e. The standard InChI is InChI=1S/C15H22N2O2/c1-2-16-8-10-19-12-15(18)17-9-7-13-5-3-4-6-14(13)11-17/h3-6,16H,2,7-12H2,1H3. The molecule has 19 heavy (non-hydrogen) atoms. The highest BCUT2D eigenvalue weighted by atomic mass is 16.5. The summed E-state index contributed by atoms with van der Waals surface area (Å²) >= 11 is 0. The quantitative estimate of drug-likeness (QED) is 0.783. The molecule has 1 aliphatic heterocycles. The summed E-state index contributed by atoms with van der Waals surface area (Å²) in [5.74, 6) is 0.0889. The Balaban J connectivity index is 1.76. The van der Waals surface area contributed by atoms with Crippen LogP contribution in [-0.2, 0) is 22.5 Å². The van der Waals surface area contributed by atoms with E-state index in [9.17, 15) is 4.79 Å². The number of hydrogen-bond donors (Lipinski definition) is 1. The molecule has 0 unspecified atom stereocenters. The Labute approximate surface area is 114 Å². The molecule has 0 radical (unpaired) electrons. The van der Waals surface area contributed by atoms with Crippen molar-refractivity contribution in [3.63, 3.8) is 0 Å². The molecule has 0 saturated heterocycles. The van der Waals surface area contributed by atoms with Crippen LogP contribution in [0.4, 0.5) is 0 Å². The van der Waals surface area contributed by atoms with Gasteiger partial charge in [-0.25, -0.2) is 0 Å². The maximum absolute atomic E-state index is 12.0. The average Bonchev–Trinajstić information content (AvgIpc) is 2.46. The van der Waals surface area contributed by atoms with Crippen molar-refractivity contribution in [2.24, 2.45) is 0 Å². The molecule has 1 aliphatic rings. The number of ether oxygens (including phenoxy) is 1. The molecule has 1 heterocycles. The highest BCUT2D eigenvalue weighted by Gasteiger charge is 2.19. The average molecular weight is 262 g/mol. The predicted molar refractivity (Wildman–Crippen MR) is 74.9 cm³/mol. The van der Waals surface area contributed by atoms with Gasteiger partial charge in [0, 0.05) is 19.6 Å². The van der Waals surface area contributed by atoms with Crippen LogP contribution in [0.25, 0.3) is 0 Å². The third kappa shape index (κ3) is 4.04. The Morgan fingerprint density at radius 1 is 1.37 bits per heavy atom. The van der Waals surface area contributed by atoms with Crippen LogP contribution < -0.4 is 5.32 Å². The first-order valence-corrected chi connectivity index (χ1v) is 6.94. The lowest BCUT2D eigenvalue weighted by atomic mass is 10.00. The molecule has 1 N–H and O–H groups in total. The van der Waals surface area contributed by atoms with Crippen LogP contribution >= 0.6 is 0 Å². The first kappa shape index (κ1) is 14.0. The number of nitrogens with one attached hydrogen (secondary N) is 1. The fourth-order valence-corrected chi connectivity index (χ4v) is 2.28. The molecule has 2 rings (SSSR count). The number of rotatable bonds is 6. The van der Waals surface area contributed by atoms with Crippen LogP contribution in [0.3, 0.4) is 0 Å². The van der Waals surface area contributed by atoms with Crippen molar-refractivity contribution in [1.29, 1.82) is 0 Å². The van der Waals surface area contributed by atoms with E-state index in [1.807, 2.05) is 11.0 Å². The summed E-state index contributed by atoms with van der Waals surface area (Å²) in [7, 11) is 0. The van der Waals surface area contributed by atoms with Gasteiger partial charge in [0.15, 0.2) is 0 Å². The Morgan fingerprint density at radius 2 is 2.16 bits per heavy atom. The van der Waals surface area contributed by atoms with Crippen molar-refractivity contribution in [2.45, 2.75) is 19.9 Å². The molecule has 0 aromatic heterocycles. The van der Waals surface area contributed by atoms with Crippen LogP contribution in [0.5, 0.6) is 0 Å². The van der Waals surface area contributed by atoms with Gasteiger partial charge in [-0.15, -0.1) is 0 Å². The van der Waals surface area contributed by atoms with Gasteiger partial charge in [-0.05, 0) is 24.1 Å². The molecular formula is C15H22N2O2. The zero-order chi connectivity index (χ0) is 13.5. The molecule has 0 saturated carbocycles. The van der Waals surface area contributed by atoms with Gasteiger partial charge in [0.2, 0.25) is 5.91 Å². The number of hydrogen-bond acceptors (Lipinski definition) is 3. The number of nitrogens with zero attached hydrogens (tertiary/aromatic N) is 1. The topological polar surface area (TPSA) is 41.6 Å². The summed E-state index contributed by atoms with van der Waals surface area (Å²) in [5.41, 5.74) is 2.62. The van der Waals surface area contributed by atoms with Crippen LogP contribution in [0, 0.1) is 0 Å². The van der Waals surface area contributed by atoms with Gasteiger partial charge in [-0.2, -0.15) is 0 Å². The molecule has 1 amide bonds. The summed E-state index contributed by atoms with van der Waals surface area (Å²) in [6, 6.07) is 8.32. The highest BCUT2D eigenvalue weighted by Crippen LogP contribution is 2.18. The van der Waals surface area contributed by atoms with Gasteiger partial charge in [-0.3, -0.25) is 4.79 Å². The van der Waals surface area contributed by atoms with E-state index in [4.69, 9.17) is 4.74 Å². The van der Waals surface area contributed by atoms with E-state index in [0.717, 1.165) is 26.1 Å². The molecular weight excluding hydrogens is 240 g/mol. The monoisotopic (exact) mass is 262 g/mol. The normalized spacial score (nSPS) is 14.3. The van der Waals surface area contributed by atoms with E-state index in [2.05, 4.69) is 30.4 Å². The molecule has 104 valence electrons. The summed E-state index contributed by atoms with van der Waals surface area (Å²) in [5, 5.41) is 3.16. The summed E-state index contributed by atoms with van der Waals surface area (Å²) < 4.78 is 5.38. The third-order valence-corrected chi connectivity index (χ3v) is 3.38. The Kier molecular flexibility index (Phi) is 5.36. The molecule has 0 aliphatic carbocycles. The first-order valence-electron chi connectivity index (χ1n) is 6.94. The number of likely N-dealkylation sites (N-methyl/N-ethyl adjacent to an activating group) is 1. The third-order valence-electron chi connectivity index (χ3n) is 3.38. The fourth-order valence-electron chi connectivity index (χ4n) is 2.28. The van der Waals surface area contributed by atoms with Crippen molar-refractivity contribution >= 4 is 5.91 Å². The molecule has 0 fully saturated rings. The Hall–Kier alpha value is -1.39. The largest absolute Gasteiger partial charge is 0.370 e. The van der Waals surface area contributed by atoms with Gasteiger partial charge < -0.3 is 15.0 Å². The SMILES string of the molecule is CCNCCOCC(=O)N1CCc2ccccc2C1. The van der Waals surface area contributed by atoms with Gasteiger partial charge in [0.1, 0.15) is 6.61 Å². The van der Waals surface area contributed by atoms with E-state index < -0.39 is 0 Å². The second-order valence-electron chi connectivity index (χ2n) is 4.74. The van der Waals surface area contributed by atoms with Crippen LogP contribution in [-0.4, -0.2) is 43.7 Å². The maximum atomic E-state index is 12.0. The lowest BCUT2D eigenvalue weighted by Crippen LogP contribution is -2.38. The minimum atomic E-state index is 0.0889. The van der Waals surface area contributed by atoms with Crippen molar-refractivity contribution < 1.29 is 9.53 Å². The van der Waals surface area contributed by atoms with Crippen LogP contribution in [0.15, 0.2) is 24.3 Å². The van der Waals surface area contributed by atoms with Crippen LogP contribution in [0.1, 0.15) is 18.1 Å². The summed E-state index contributed by atoms with van der Waals surface area (Å²) in [6.45, 7) is 6.07. The first-order chi connectivity index (χ1) is 9.31. The second kappa shape index (κ2) is 7.26. The van der Waals surface area contributed by atoms with Crippen LogP contribution in [0.2, 0.25) is 0 Å². The number of carbonyl (C=O) groups excluding carboxylic acids is 1. The smallest absolute Gasteiger partial charge is 0.248 e. The molecule has 1 aromatic rings. The fraction of sp³-hybridized carbons (Fsp3) is 0.533. The molecule has 1 aromatic carbocycles. The Morgan fingerprint density at radius 3 is 2.95 bits per heavy atom. The van der Waals surface area contributed by atoms with Crippen molar-refractivity contribution in [3.05, 3.63) is 35.4 Å². The van der Waals surface area contributed by atoms with Crippen molar-refractivity contribution in [1.82, 2.24) is 10.2 Å². The van der Waals surface area contributed by atoms with Gasteiger partial charge in [-0.1, -0.05) is 31.2 Å². The molecule has 0 spiro atoms. The summed E-state index contributed by atoms with van der Waals surface area (Å²) in [6.07, 6.45) is 0.944. The number of carbonyl (C=O) groups is 1. The van der Waals surface area contributed by atoms with Crippen molar-refractivity contribution in [2.75, 3.05) is 32.8 Å². The number of amides is 1. The zero-order valence-corrected chi connectivity index (χ0v) is 11.5. The summed E-state index contributed by atoms with van der Waals surface area (Å²) in [4.78, 5) is 13.9. The Bertz CT molecular complexity index is 420. The number of benzene rings is 1. The highest BCUT2D eigenvalue weighted by molar-refractivity contribution is 5.77. The van der Waals surface area contributed by atoms with Gasteiger partial charge >= 0.3 is 0 Å². The van der Waals surface area contributed by atoms with E-state index in [0.29, 0.717) is 13.2 Å². The lowest BCUT2D eigenvalue weighted by Gasteiger charge is -2.28. The van der Waals surface area contributed by atoms with Crippen molar-refractivity contribution in [3.8, 4) is 0 Å². The zero-order valence-electron chi connectivity index (χ0n) is 11.5. The number of fused-ring (bicyclic) bond motifs is 1. The molecule has 4 heteroatoms. The molecule has 0 atom stereocenters. The van der Waals surface area contributed by atoms with Gasteiger partial charge in [0.05, 0.1) is 6.61 Å². The second-order valence-corrected chi connectivity index (χ2v) is 4.74. The predicted octanol–water partition coefficient (Wildman–Crippen LogP) is 1.20. The lowest BCUT2D eigenvalue weighted by molar-refractivity contribution is -0.137. The molecule has 0 bridgehead atoms.